The predicted molar refractivity (Wildman–Crippen MR) is 105 cm³/mol. The maximum atomic E-state index is 11.0. The molecule has 1 unspecified atom stereocenters. The monoisotopic (exact) mass is 390 g/mol. The van der Waals surface area contributed by atoms with Crippen molar-refractivity contribution in [3.05, 3.63) is 65.6 Å². The number of hydrogen-bond acceptors (Lipinski definition) is 6. The van der Waals surface area contributed by atoms with E-state index in [0.717, 1.165) is 50.2 Å². The van der Waals surface area contributed by atoms with Crippen molar-refractivity contribution < 1.29 is 14.3 Å². The van der Waals surface area contributed by atoms with Gasteiger partial charge >= 0.3 is 5.97 Å². The molecule has 7 heteroatoms. The van der Waals surface area contributed by atoms with Crippen LogP contribution in [0.2, 0.25) is 0 Å². The summed E-state index contributed by atoms with van der Waals surface area (Å²) in [6.45, 7) is 2.33. The lowest BCUT2D eigenvalue weighted by molar-refractivity contribution is 0.0690. The van der Waals surface area contributed by atoms with Crippen LogP contribution in [-0.4, -0.2) is 44.0 Å². The van der Waals surface area contributed by atoms with Crippen LogP contribution in [0.25, 0.3) is 11.4 Å². The van der Waals surface area contributed by atoms with E-state index in [-0.39, 0.29) is 11.1 Å². The molecule has 0 bridgehead atoms. The Balaban J connectivity index is 1.41. The predicted octanol–water partition coefficient (Wildman–Crippen LogP) is 3.31. The largest absolute Gasteiger partial charge is 0.476 e. The van der Waals surface area contributed by atoms with Gasteiger partial charge in [0.2, 0.25) is 5.89 Å². The minimum Gasteiger partial charge on any atom is -0.476 e. The van der Waals surface area contributed by atoms with Crippen LogP contribution in [0.3, 0.4) is 0 Å². The van der Waals surface area contributed by atoms with Gasteiger partial charge in [0.1, 0.15) is 6.26 Å². The van der Waals surface area contributed by atoms with E-state index in [1.165, 1.54) is 17.5 Å². The summed E-state index contributed by atoms with van der Waals surface area (Å²) in [6, 6.07) is 10.1. The smallest absolute Gasteiger partial charge is 0.357 e. The van der Waals surface area contributed by atoms with Crippen LogP contribution in [0, 0.1) is 0 Å². The van der Waals surface area contributed by atoms with E-state index in [2.05, 4.69) is 14.9 Å². The molecule has 2 aliphatic rings. The number of carboxylic acids is 1. The summed E-state index contributed by atoms with van der Waals surface area (Å²) in [6.07, 6.45) is 7.44. The van der Waals surface area contributed by atoms with Crippen LogP contribution in [0.4, 0.5) is 0 Å². The zero-order valence-corrected chi connectivity index (χ0v) is 16.0. The molecule has 1 aromatic carbocycles. The lowest BCUT2D eigenvalue weighted by Gasteiger charge is -2.40. The third kappa shape index (κ3) is 3.31. The Kier molecular flexibility index (Phi) is 4.39. The minimum atomic E-state index is -1.06. The average molecular weight is 390 g/mol. The molecule has 2 aromatic heterocycles. The first-order valence-electron chi connectivity index (χ1n) is 9.95. The summed E-state index contributed by atoms with van der Waals surface area (Å²) < 4.78 is 5.37. The van der Waals surface area contributed by atoms with Gasteiger partial charge in [-0.25, -0.2) is 19.7 Å². The molecule has 3 heterocycles. The lowest BCUT2D eigenvalue weighted by atomic mass is 9.77. The number of rotatable bonds is 4. The molecule has 29 heavy (non-hydrogen) atoms. The van der Waals surface area contributed by atoms with Crippen LogP contribution in [0.15, 0.2) is 47.2 Å². The van der Waals surface area contributed by atoms with E-state index in [4.69, 9.17) is 14.5 Å². The van der Waals surface area contributed by atoms with E-state index < -0.39 is 5.97 Å². The van der Waals surface area contributed by atoms with Crippen LogP contribution < -0.4 is 0 Å². The van der Waals surface area contributed by atoms with Crippen molar-refractivity contribution in [2.24, 2.45) is 0 Å². The number of oxazole rings is 1. The van der Waals surface area contributed by atoms with E-state index in [9.17, 15) is 4.79 Å². The number of carboxylic acid groups (broad SMARTS) is 1. The summed E-state index contributed by atoms with van der Waals surface area (Å²) in [5.74, 6) is 0.164. The maximum Gasteiger partial charge on any atom is 0.357 e. The van der Waals surface area contributed by atoms with E-state index in [0.29, 0.717) is 12.4 Å². The van der Waals surface area contributed by atoms with E-state index in [1.807, 2.05) is 36.5 Å². The first-order chi connectivity index (χ1) is 14.1. The van der Waals surface area contributed by atoms with Gasteiger partial charge in [-0.1, -0.05) is 30.3 Å². The Hall–Kier alpha value is -3.06. The zero-order chi connectivity index (χ0) is 19.8. The van der Waals surface area contributed by atoms with Crippen LogP contribution in [0.5, 0.6) is 0 Å². The standard InChI is InChI=1S/C22H22N4O3/c27-21(28)17-13-29-18(24-17)12-26-10-4-8-22(14-26)9-7-16-11-23-20(25-19(16)22)15-5-2-1-3-6-15/h1-3,5-6,11,13H,4,7-10,12,14H2,(H,27,28). The van der Waals surface area contributed by atoms with Gasteiger partial charge in [0.05, 0.1) is 12.2 Å². The molecule has 0 radical (unpaired) electrons. The number of likely N-dealkylation sites (tertiary alicyclic amines) is 1. The van der Waals surface area contributed by atoms with Crippen LogP contribution >= 0.6 is 0 Å². The van der Waals surface area contributed by atoms with Crippen molar-refractivity contribution >= 4 is 5.97 Å². The third-order valence-electron chi connectivity index (χ3n) is 6.06. The second-order valence-electron chi connectivity index (χ2n) is 7.96. The normalized spacial score (nSPS) is 21.4. The summed E-state index contributed by atoms with van der Waals surface area (Å²) >= 11 is 0. The molecular weight excluding hydrogens is 368 g/mol. The van der Waals surface area contributed by atoms with Gasteiger partial charge in [-0.2, -0.15) is 0 Å². The highest BCUT2D eigenvalue weighted by Gasteiger charge is 2.44. The van der Waals surface area contributed by atoms with Crippen molar-refractivity contribution in [1.82, 2.24) is 19.9 Å². The number of fused-ring (bicyclic) bond motifs is 2. The van der Waals surface area contributed by atoms with Crippen LogP contribution in [-0.2, 0) is 18.4 Å². The number of piperidine rings is 1. The Morgan fingerprint density at radius 3 is 2.86 bits per heavy atom. The fourth-order valence-corrected chi connectivity index (χ4v) is 4.70. The molecular formula is C22H22N4O3. The molecule has 1 fully saturated rings. The molecule has 1 spiro atoms. The average Bonchev–Trinajstić information content (AvgIpc) is 3.34. The number of benzene rings is 1. The number of aryl methyl sites for hydroxylation is 1. The molecule has 1 aliphatic heterocycles. The Bertz CT molecular complexity index is 1050. The van der Waals surface area contributed by atoms with Crippen molar-refractivity contribution in [3.8, 4) is 11.4 Å². The summed E-state index contributed by atoms with van der Waals surface area (Å²) in [4.78, 5) is 27.0. The highest BCUT2D eigenvalue weighted by molar-refractivity contribution is 5.84. The highest BCUT2D eigenvalue weighted by Crippen LogP contribution is 2.44. The minimum absolute atomic E-state index is 0.0161. The zero-order valence-electron chi connectivity index (χ0n) is 16.0. The molecule has 1 atom stereocenters. The maximum absolute atomic E-state index is 11.0. The second-order valence-corrected chi connectivity index (χ2v) is 7.96. The third-order valence-corrected chi connectivity index (χ3v) is 6.06. The first-order valence-corrected chi connectivity index (χ1v) is 9.95. The molecule has 3 aromatic rings. The van der Waals surface area contributed by atoms with Gasteiger partial charge in [-0.3, -0.25) is 4.90 Å². The quantitative estimate of drug-likeness (QED) is 0.730. The van der Waals surface area contributed by atoms with Crippen LogP contribution in [0.1, 0.15) is 46.9 Å². The molecule has 1 N–H and O–H groups in total. The molecule has 1 aliphatic carbocycles. The van der Waals surface area contributed by atoms with Gasteiger partial charge in [-0.05, 0) is 37.8 Å². The number of carbonyl (C=O) groups is 1. The molecule has 0 saturated carbocycles. The van der Waals surface area contributed by atoms with Crippen molar-refractivity contribution in [2.45, 2.75) is 37.6 Å². The molecule has 1 saturated heterocycles. The molecule has 5 rings (SSSR count). The SMILES string of the molecule is O=C(O)c1coc(CN2CCCC3(CCc4cnc(-c5ccccc5)nc43)C2)n1. The molecule has 148 valence electrons. The van der Waals surface area contributed by atoms with Gasteiger partial charge in [0.15, 0.2) is 11.5 Å². The fourth-order valence-electron chi connectivity index (χ4n) is 4.70. The highest BCUT2D eigenvalue weighted by atomic mass is 16.4. The lowest BCUT2D eigenvalue weighted by Crippen LogP contribution is -2.45. The van der Waals surface area contributed by atoms with Gasteiger partial charge in [-0.15, -0.1) is 0 Å². The molecule has 0 amide bonds. The number of aromatic nitrogens is 3. The van der Waals surface area contributed by atoms with Gasteiger partial charge in [0, 0.05) is 23.7 Å². The number of hydrogen-bond donors (Lipinski definition) is 1. The fraction of sp³-hybridized carbons (Fsp3) is 0.364. The van der Waals surface area contributed by atoms with E-state index in [1.54, 1.807) is 0 Å². The van der Waals surface area contributed by atoms with Gasteiger partial charge in [0.25, 0.3) is 0 Å². The summed E-state index contributed by atoms with van der Waals surface area (Å²) in [7, 11) is 0. The first kappa shape index (κ1) is 18.0. The Morgan fingerprint density at radius 2 is 2.07 bits per heavy atom. The summed E-state index contributed by atoms with van der Waals surface area (Å²) in [5, 5.41) is 9.05. The topological polar surface area (TPSA) is 92.3 Å². The van der Waals surface area contributed by atoms with Gasteiger partial charge < -0.3 is 9.52 Å². The number of nitrogens with zero attached hydrogens (tertiary/aromatic N) is 4. The second kappa shape index (κ2) is 7.08. The Morgan fingerprint density at radius 1 is 1.21 bits per heavy atom. The van der Waals surface area contributed by atoms with Crippen molar-refractivity contribution in [2.75, 3.05) is 13.1 Å². The van der Waals surface area contributed by atoms with Crippen molar-refractivity contribution in [1.29, 1.82) is 0 Å². The number of aromatic carboxylic acids is 1. The van der Waals surface area contributed by atoms with E-state index >= 15 is 0 Å². The van der Waals surface area contributed by atoms with Crippen molar-refractivity contribution in [3.63, 3.8) is 0 Å². The molecule has 7 nitrogen and oxygen atoms in total. The summed E-state index contributed by atoms with van der Waals surface area (Å²) in [5.41, 5.74) is 3.43. The Labute approximate surface area is 168 Å².